The number of rotatable bonds is 2. The highest BCUT2D eigenvalue weighted by Gasteiger charge is 2.23. The molecule has 24 heavy (non-hydrogen) atoms. The second-order valence-electron chi connectivity index (χ2n) is 5.91. The molecule has 0 fully saturated rings. The minimum atomic E-state index is -0.400. The van der Waals surface area contributed by atoms with Gasteiger partial charge in [0.2, 0.25) is 5.89 Å². The molecule has 0 unspecified atom stereocenters. The van der Waals surface area contributed by atoms with Gasteiger partial charge in [0.15, 0.2) is 0 Å². The summed E-state index contributed by atoms with van der Waals surface area (Å²) in [6, 6.07) is 7.86. The number of benzene rings is 1. The first-order chi connectivity index (χ1) is 11.6. The molecule has 6 heteroatoms. The normalized spacial score (nSPS) is 13.9. The van der Waals surface area contributed by atoms with E-state index in [9.17, 15) is 8.78 Å². The number of nitrogens with zero attached hydrogens (tertiary/aromatic N) is 3. The summed E-state index contributed by atoms with van der Waals surface area (Å²) >= 11 is 0. The highest BCUT2D eigenvalue weighted by atomic mass is 19.1. The summed E-state index contributed by atoms with van der Waals surface area (Å²) in [6.07, 6.45) is 1.82. The summed E-state index contributed by atoms with van der Waals surface area (Å²) in [6.45, 7) is 3.14. The van der Waals surface area contributed by atoms with Crippen molar-refractivity contribution >= 4 is 5.69 Å². The lowest BCUT2D eigenvalue weighted by molar-refractivity contribution is 0.497. The Balaban J connectivity index is 1.62. The molecule has 4 nitrogen and oxygen atoms in total. The fourth-order valence-electron chi connectivity index (χ4n) is 2.93. The number of pyridine rings is 1. The molecule has 0 amide bonds. The van der Waals surface area contributed by atoms with E-state index in [0.29, 0.717) is 24.6 Å². The van der Waals surface area contributed by atoms with E-state index in [-0.39, 0.29) is 5.82 Å². The number of halogens is 2. The van der Waals surface area contributed by atoms with Gasteiger partial charge in [-0.05, 0) is 42.8 Å². The van der Waals surface area contributed by atoms with Gasteiger partial charge in [-0.3, -0.25) is 0 Å². The van der Waals surface area contributed by atoms with Crippen molar-refractivity contribution in [3.8, 4) is 11.6 Å². The van der Waals surface area contributed by atoms with Crippen LogP contribution in [0.1, 0.15) is 17.0 Å². The van der Waals surface area contributed by atoms with Crippen molar-refractivity contribution in [2.45, 2.75) is 19.9 Å². The summed E-state index contributed by atoms with van der Waals surface area (Å²) in [5.74, 6) is 0.549. The monoisotopic (exact) mass is 327 g/mol. The van der Waals surface area contributed by atoms with Gasteiger partial charge in [-0.25, -0.2) is 18.7 Å². The van der Waals surface area contributed by atoms with E-state index in [4.69, 9.17) is 4.42 Å². The molecule has 0 aliphatic carbocycles. The summed E-state index contributed by atoms with van der Waals surface area (Å²) in [4.78, 5) is 10.6. The Labute approximate surface area is 137 Å². The zero-order valence-electron chi connectivity index (χ0n) is 13.1. The van der Waals surface area contributed by atoms with Crippen LogP contribution in [-0.4, -0.2) is 16.5 Å². The number of hydrogen-bond donors (Lipinski definition) is 0. The molecule has 0 saturated carbocycles. The smallest absolute Gasteiger partial charge is 0.245 e. The molecule has 3 heterocycles. The van der Waals surface area contributed by atoms with E-state index in [1.54, 1.807) is 6.07 Å². The lowest BCUT2D eigenvalue weighted by atomic mass is 10.1. The van der Waals surface area contributed by atoms with Crippen LogP contribution >= 0.6 is 0 Å². The van der Waals surface area contributed by atoms with E-state index in [1.807, 2.05) is 13.0 Å². The number of hydrogen-bond acceptors (Lipinski definition) is 4. The predicted molar refractivity (Wildman–Crippen MR) is 85.6 cm³/mol. The third kappa shape index (κ3) is 2.75. The predicted octanol–water partition coefficient (Wildman–Crippen LogP) is 3.89. The summed E-state index contributed by atoms with van der Waals surface area (Å²) in [5, 5.41) is 0. The van der Waals surface area contributed by atoms with Crippen LogP contribution in [0, 0.1) is 18.6 Å². The van der Waals surface area contributed by atoms with Crippen molar-refractivity contribution in [3.05, 3.63) is 65.2 Å². The summed E-state index contributed by atoms with van der Waals surface area (Å²) in [7, 11) is 0. The summed E-state index contributed by atoms with van der Waals surface area (Å²) < 4.78 is 32.4. The molecule has 0 spiro atoms. The zero-order chi connectivity index (χ0) is 16.7. The SMILES string of the molecule is Cc1cc(F)cc(N2CCc3oc(-c4ccc(F)cn4)nc3C2)c1. The minimum Gasteiger partial charge on any atom is -0.439 e. The van der Waals surface area contributed by atoms with Crippen LogP contribution in [0.5, 0.6) is 0 Å². The lowest BCUT2D eigenvalue weighted by Gasteiger charge is -2.27. The Morgan fingerprint density at radius 1 is 1.12 bits per heavy atom. The van der Waals surface area contributed by atoms with Gasteiger partial charge in [0.25, 0.3) is 0 Å². The molecule has 122 valence electrons. The molecule has 3 aromatic rings. The van der Waals surface area contributed by atoms with Gasteiger partial charge >= 0.3 is 0 Å². The van der Waals surface area contributed by atoms with Gasteiger partial charge in [-0.15, -0.1) is 0 Å². The van der Waals surface area contributed by atoms with Gasteiger partial charge in [0.05, 0.1) is 12.7 Å². The fraction of sp³-hybridized carbons (Fsp3) is 0.222. The zero-order valence-corrected chi connectivity index (χ0v) is 13.1. The van der Waals surface area contributed by atoms with E-state index >= 15 is 0 Å². The van der Waals surface area contributed by atoms with Crippen LogP contribution in [0.2, 0.25) is 0 Å². The van der Waals surface area contributed by atoms with E-state index in [0.717, 1.165) is 35.4 Å². The summed E-state index contributed by atoms with van der Waals surface area (Å²) in [5.41, 5.74) is 3.03. The molecular formula is C18H15F2N3O. The van der Waals surface area contributed by atoms with Crippen molar-refractivity contribution in [1.29, 1.82) is 0 Å². The maximum Gasteiger partial charge on any atom is 0.245 e. The molecule has 0 saturated heterocycles. The number of aromatic nitrogens is 2. The topological polar surface area (TPSA) is 42.2 Å². The second-order valence-corrected chi connectivity index (χ2v) is 5.91. The van der Waals surface area contributed by atoms with Gasteiger partial charge in [-0.2, -0.15) is 0 Å². The molecule has 1 aliphatic rings. The standard InChI is InChI=1S/C18H15F2N3O/c1-11-6-13(20)8-14(7-11)23-5-4-17-16(10-23)22-18(24-17)15-3-2-12(19)9-21-15/h2-3,6-9H,4-5,10H2,1H3. The van der Waals surface area contributed by atoms with Crippen molar-refractivity contribution in [2.24, 2.45) is 0 Å². The molecule has 0 bridgehead atoms. The van der Waals surface area contributed by atoms with Crippen LogP contribution in [0.25, 0.3) is 11.6 Å². The largest absolute Gasteiger partial charge is 0.439 e. The Kier molecular flexibility index (Phi) is 3.52. The number of oxazole rings is 1. The van der Waals surface area contributed by atoms with Crippen LogP contribution in [0.15, 0.2) is 40.9 Å². The quantitative estimate of drug-likeness (QED) is 0.716. The first kappa shape index (κ1) is 14.8. The van der Waals surface area contributed by atoms with Gasteiger partial charge < -0.3 is 9.32 Å². The molecule has 2 aromatic heterocycles. The Morgan fingerprint density at radius 2 is 2.00 bits per heavy atom. The molecular weight excluding hydrogens is 312 g/mol. The Bertz CT molecular complexity index is 870. The van der Waals surface area contributed by atoms with Crippen LogP contribution in [0.3, 0.4) is 0 Å². The van der Waals surface area contributed by atoms with E-state index < -0.39 is 5.82 Å². The third-order valence-electron chi connectivity index (χ3n) is 4.07. The maximum atomic E-state index is 13.6. The highest BCUT2D eigenvalue weighted by Crippen LogP contribution is 2.28. The van der Waals surface area contributed by atoms with E-state index in [2.05, 4.69) is 14.9 Å². The highest BCUT2D eigenvalue weighted by molar-refractivity contribution is 5.52. The average Bonchev–Trinajstić information content (AvgIpc) is 2.97. The van der Waals surface area contributed by atoms with Crippen molar-refractivity contribution in [2.75, 3.05) is 11.4 Å². The van der Waals surface area contributed by atoms with Crippen LogP contribution in [0.4, 0.5) is 14.5 Å². The fourth-order valence-corrected chi connectivity index (χ4v) is 2.93. The molecule has 1 aromatic carbocycles. The second kappa shape index (κ2) is 5.70. The minimum absolute atomic E-state index is 0.243. The number of fused-ring (bicyclic) bond motifs is 1. The third-order valence-corrected chi connectivity index (χ3v) is 4.07. The van der Waals surface area contributed by atoms with Gasteiger partial charge in [0, 0.05) is 18.7 Å². The molecule has 4 rings (SSSR count). The van der Waals surface area contributed by atoms with Crippen LogP contribution in [-0.2, 0) is 13.0 Å². The van der Waals surface area contributed by atoms with Crippen molar-refractivity contribution in [3.63, 3.8) is 0 Å². The molecule has 0 N–H and O–H groups in total. The van der Waals surface area contributed by atoms with Crippen molar-refractivity contribution in [1.82, 2.24) is 9.97 Å². The first-order valence-corrected chi connectivity index (χ1v) is 7.71. The Morgan fingerprint density at radius 3 is 2.75 bits per heavy atom. The van der Waals surface area contributed by atoms with Crippen molar-refractivity contribution < 1.29 is 13.2 Å². The molecule has 0 atom stereocenters. The Hall–Kier alpha value is -2.76. The molecule has 1 aliphatic heterocycles. The lowest BCUT2D eigenvalue weighted by Crippen LogP contribution is -2.30. The maximum absolute atomic E-state index is 13.6. The van der Waals surface area contributed by atoms with Crippen LogP contribution < -0.4 is 4.90 Å². The first-order valence-electron chi connectivity index (χ1n) is 7.71. The number of aryl methyl sites for hydroxylation is 1. The van der Waals surface area contributed by atoms with Gasteiger partial charge in [-0.1, -0.05) is 0 Å². The number of anilines is 1. The average molecular weight is 327 g/mol. The molecule has 0 radical (unpaired) electrons. The van der Waals surface area contributed by atoms with Gasteiger partial charge in [0.1, 0.15) is 28.8 Å². The van der Waals surface area contributed by atoms with E-state index in [1.165, 1.54) is 18.2 Å².